The van der Waals surface area contributed by atoms with Crippen LogP contribution in [-0.2, 0) is 52.7 Å². The molecule has 0 aliphatic carbocycles. The molecule has 13 N–H and O–H groups in total. The third-order valence-corrected chi connectivity index (χ3v) is 9.51. The Balaban J connectivity index is 2.99. The summed E-state index contributed by atoms with van der Waals surface area (Å²) in [6.45, 7) is 9.99. The minimum absolute atomic E-state index is 0.0424. The standard InChI is InChI=1S/C39H66N12O12/c1-20(2)18-28-38(62)47-25(7)39(63)51(42-17-11-9-13-29(52)48-28)19-30(53)43-22(4)34(58)50-27(14-15-31(54)55)37(61)46-23(5)33(57)45-24(6)35(59)49-26(12-8-10-16-40)36(60)44-21(3)32(41)56/h17,20-28H,8-16,18-19,40H2,1-7H3,(H2,41,56)(H,43,53)(H,44,60)(H,45,57)(H,46,61)(H,47,62)(H,48,52)(H,49,59)(H,50,58)(H,54,55)/b42-17-/t21-,22-,23-,24-,25-,26-,27-,28-/m0/s1. The zero-order valence-corrected chi connectivity index (χ0v) is 37.0. The maximum Gasteiger partial charge on any atom is 0.303 e. The van der Waals surface area contributed by atoms with Crippen molar-refractivity contribution in [2.24, 2.45) is 22.5 Å². The van der Waals surface area contributed by atoms with Crippen LogP contribution in [0.1, 0.15) is 106 Å². The molecular weight excluding hydrogens is 829 g/mol. The molecule has 8 atom stereocenters. The van der Waals surface area contributed by atoms with Crippen LogP contribution in [0.3, 0.4) is 0 Å². The lowest BCUT2D eigenvalue weighted by atomic mass is 10.0. The monoisotopic (exact) mass is 894 g/mol. The molecule has 0 aromatic heterocycles. The molecule has 0 spiro atoms. The second-order valence-electron chi connectivity index (χ2n) is 15.8. The van der Waals surface area contributed by atoms with E-state index in [1.165, 1.54) is 40.8 Å². The van der Waals surface area contributed by atoms with Gasteiger partial charge >= 0.3 is 5.97 Å². The number of rotatable bonds is 23. The maximum atomic E-state index is 13.4. The molecule has 10 amide bonds. The van der Waals surface area contributed by atoms with Crippen molar-refractivity contribution < 1.29 is 57.8 Å². The van der Waals surface area contributed by atoms with Gasteiger partial charge in [-0.1, -0.05) is 13.8 Å². The van der Waals surface area contributed by atoms with E-state index in [2.05, 4.69) is 47.6 Å². The Kier molecular flexibility index (Phi) is 24.1. The van der Waals surface area contributed by atoms with Crippen molar-refractivity contribution in [1.29, 1.82) is 0 Å². The first-order valence-corrected chi connectivity index (χ1v) is 20.9. The van der Waals surface area contributed by atoms with Crippen LogP contribution in [0.25, 0.3) is 0 Å². The lowest BCUT2D eigenvalue weighted by Crippen LogP contribution is -2.58. The number of nitrogens with zero attached hydrogens (tertiary/aromatic N) is 2. The van der Waals surface area contributed by atoms with Gasteiger partial charge in [-0.2, -0.15) is 5.10 Å². The molecular formula is C39H66N12O12. The van der Waals surface area contributed by atoms with Crippen molar-refractivity contribution in [3.8, 4) is 0 Å². The zero-order valence-electron chi connectivity index (χ0n) is 37.0. The van der Waals surface area contributed by atoms with Crippen LogP contribution >= 0.6 is 0 Å². The summed E-state index contributed by atoms with van der Waals surface area (Å²) in [5.41, 5.74) is 10.8. The van der Waals surface area contributed by atoms with Crippen LogP contribution < -0.4 is 54.0 Å². The minimum Gasteiger partial charge on any atom is -0.481 e. The summed E-state index contributed by atoms with van der Waals surface area (Å²) in [6, 6.07) is -9.62. The quantitative estimate of drug-likeness (QED) is 0.0444. The molecule has 0 aromatic carbocycles. The first-order valence-electron chi connectivity index (χ1n) is 20.9. The molecule has 0 radical (unpaired) electrons. The Morgan fingerprint density at radius 3 is 1.83 bits per heavy atom. The van der Waals surface area contributed by atoms with Crippen molar-refractivity contribution in [2.75, 3.05) is 13.1 Å². The number of hydrogen-bond donors (Lipinski definition) is 11. The molecule has 0 unspecified atom stereocenters. The average molecular weight is 895 g/mol. The summed E-state index contributed by atoms with van der Waals surface area (Å²) in [5, 5.41) is 33.9. The number of aliphatic carboxylic acids is 1. The SMILES string of the molecule is CC(C)C[C@@H]1NC(=O)CCC/C=N\N(CC(=O)N[C@@H](C)C(=O)N[C@@H](CCC(=O)O)C(=O)N[C@@H](C)C(=O)N[C@@H](C)C(=O)N[C@@H](CCCCN)C(=O)N[C@@H](C)C(N)=O)C(=O)[C@H](C)NC1=O. The lowest BCUT2D eigenvalue weighted by molar-refractivity contribution is -0.140. The molecule has 0 aromatic rings. The number of hydrazone groups is 1. The number of nitrogens with one attached hydrogen (secondary N) is 8. The number of carbonyl (C=O) groups is 11. The van der Waals surface area contributed by atoms with E-state index in [1.807, 2.05) is 13.8 Å². The van der Waals surface area contributed by atoms with Crippen molar-refractivity contribution in [2.45, 2.75) is 155 Å². The van der Waals surface area contributed by atoms with Crippen molar-refractivity contribution >= 4 is 71.3 Å². The second-order valence-corrected chi connectivity index (χ2v) is 15.8. The van der Waals surface area contributed by atoms with Crippen molar-refractivity contribution in [3.63, 3.8) is 0 Å². The smallest absolute Gasteiger partial charge is 0.303 e. The highest BCUT2D eigenvalue weighted by Crippen LogP contribution is 2.09. The van der Waals surface area contributed by atoms with E-state index in [4.69, 9.17) is 11.5 Å². The van der Waals surface area contributed by atoms with E-state index < -0.39 is 127 Å². The molecule has 0 bridgehead atoms. The van der Waals surface area contributed by atoms with E-state index in [0.29, 0.717) is 32.2 Å². The average Bonchev–Trinajstić information content (AvgIpc) is 3.20. The van der Waals surface area contributed by atoms with Gasteiger partial charge in [-0.3, -0.25) is 52.7 Å². The fraction of sp³-hybridized carbons (Fsp3) is 0.692. The van der Waals surface area contributed by atoms with Crippen LogP contribution in [0.5, 0.6) is 0 Å². The maximum absolute atomic E-state index is 13.4. The van der Waals surface area contributed by atoms with Gasteiger partial charge in [0.1, 0.15) is 54.9 Å². The molecule has 24 nitrogen and oxygen atoms in total. The Morgan fingerprint density at radius 1 is 0.762 bits per heavy atom. The van der Waals surface area contributed by atoms with Crippen LogP contribution in [-0.4, -0.2) is 143 Å². The predicted molar refractivity (Wildman–Crippen MR) is 226 cm³/mol. The Labute approximate surface area is 366 Å². The highest BCUT2D eigenvalue weighted by atomic mass is 16.4. The van der Waals surface area contributed by atoms with Gasteiger partial charge in [-0.25, -0.2) is 5.01 Å². The molecule has 1 aliphatic heterocycles. The zero-order chi connectivity index (χ0) is 48.0. The summed E-state index contributed by atoms with van der Waals surface area (Å²) in [5.74, 6) is -8.83. The summed E-state index contributed by atoms with van der Waals surface area (Å²) >= 11 is 0. The summed E-state index contributed by atoms with van der Waals surface area (Å²) in [6.07, 6.45) is 2.48. The Morgan fingerprint density at radius 2 is 1.29 bits per heavy atom. The third-order valence-electron chi connectivity index (χ3n) is 9.51. The van der Waals surface area contributed by atoms with Gasteiger partial charge in [0, 0.05) is 19.1 Å². The van der Waals surface area contributed by atoms with Gasteiger partial charge in [-0.05, 0) is 92.0 Å². The topological polar surface area (TPSA) is 372 Å². The number of carboxylic acids is 1. The van der Waals surface area contributed by atoms with Crippen LogP contribution in [0, 0.1) is 5.92 Å². The van der Waals surface area contributed by atoms with Gasteiger partial charge in [0.05, 0.1) is 0 Å². The highest BCUT2D eigenvalue weighted by molar-refractivity contribution is 5.97. The minimum atomic E-state index is -1.52. The summed E-state index contributed by atoms with van der Waals surface area (Å²) < 4.78 is 0. The van der Waals surface area contributed by atoms with Crippen LogP contribution in [0.2, 0.25) is 0 Å². The van der Waals surface area contributed by atoms with Crippen LogP contribution in [0.4, 0.5) is 0 Å². The molecule has 1 heterocycles. The summed E-state index contributed by atoms with van der Waals surface area (Å²) in [4.78, 5) is 140. The highest BCUT2D eigenvalue weighted by Gasteiger charge is 2.32. The molecule has 1 aliphatic rings. The number of amides is 10. The van der Waals surface area contributed by atoms with E-state index in [0.717, 1.165) is 5.01 Å². The van der Waals surface area contributed by atoms with Crippen molar-refractivity contribution in [3.05, 3.63) is 0 Å². The predicted octanol–water partition coefficient (Wildman–Crippen LogP) is -3.51. The fourth-order valence-corrected chi connectivity index (χ4v) is 5.80. The van der Waals surface area contributed by atoms with E-state index in [-0.39, 0.29) is 31.1 Å². The number of unbranched alkanes of at least 4 members (excludes halogenated alkanes) is 1. The first-order chi connectivity index (χ1) is 29.5. The number of carbonyl (C=O) groups excluding carboxylic acids is 10. The van der Waals surface area contributed by atoms with Gasteiger partial charge in [0.15, 0.2) is 0 Å². The molecule has 24 heteroatoms. The van der Waals surface area contributed by atoms with Crippen LogP contribution in [0.15, 0.2) is 5.10 Å². The summed E-state index contributed by atoms with van der Waals surface area (Å²) in [7, 11) is 0. The Bertz CT molecular complexity index is 1690. The molecule has 354 valence electrons. The lowest BCUT2D eigenvalue weighted by Gasteiger charge is -2.25. The second kappa shape index (κ2) is 27.7. The van der Waals surface area contributed by atoms with Gasteiger partial charge in [0.25, 0.3) is 5.91 Å². The number of primary amides is 1. The molecule has 63 heavy (non-hydrogen) atoms. The van der Waals surface area contributed by atoms with Gasteiger partial charge < -0.3 is 59.1 Å². The van der Waals surface area contributed by atoms with E-state index >= 15 is 0 Å². The van der Waals surface area contributed by atoms with Gasteiger partial charge in [-0.15, -0.1) is 0 Å². The van der Waals surface area contributed by atoms with E-state index in [1.54, 1.807) is 0 Å². The van der Waals surface area contributed by atoms with Gasteiger partial charge in [0.2, 0.25) is 53.2 Å². The fourth-order valence-electron chi connectivity index (χ4n) is 5.80. The molecule has 1 rings (SSSR count). The third kappa shape index (κ3) is 21.0. The number of hydrogen-bond acceptors (Lipinski definition) is 13. The number of nitrogens with two attached hydrogens (primary N) is 2. The molecule has 0 saturated carbocycles. The molecule has 0 saturated heterocycles. The first kappa shape index (κ1) is 54.8. The number of carboxylic acid groups (broad SMARTS) is 1. The normalized spacial score (nSPS) is 19.3. The largest absolute Gasteiger partial charge is 0.481 e. The van der Waals surface area contributed by atoms with Crippen molar-refractivity contribution in [1.82, 2.24) is 47.5 Å². The van der Waals surface area contributed by atoms with E-state index in [9.17, 15) is 57.8 Å². The Hall–Kier alpha value is -6.20. The molecule has 0 fully saturated rings.